The van der Waals surface area contributed by atoms with E-state index in [0.717, 1.165) is 30.6 Å². The third-order valence-electron chi connectivity index (χ3n) is 7.08. The molecule has 5 nitrogen and oxygen atoms in total. The summed E-state index contributed by atoms with van der Waals surface area (Å²) in [5.41, 5.74) is -0.738. The Labute approximate surface area is 164 Å². The maximum atomic E-state index is 13.2. The minimum atomic E-state index is -0.849. The van der Waals surface area contributed by atoms with Crippen LogP contribution in [0.2, 0.25) is 0 Å². The van der Waals surface area contributed by atoms with E-state index in [2.05, 4.69) is 6.92 Å². The third kappa shape index (κ3) is 2.46. The van der Waals surface area contributed by atoms with Crippen molar-refractivity contribution in [1.29, 1.82) is 0 Å². The van der Waals surface area contributed by atoms with E-state index in [9.17, 15) is 4.79 Å². The third-order valence-corrected chi connectivity index (χ3v) is 8.46. The number of benzene rings is 1. The van der Waals surface area contributed by atoms with E-state index in [1.165, 1.54) is 0 Å². The molecule has 1 spiro atoms. The zero-order chi connectivity index (χ0) is 18.9. The van der Waals surface area contributed by atoms with Crippen molar-refractivity contribution in [2.24, 2.45) is 17.8 Å². The maximum absolute atomic E-state index is 13.2. The van der Waals surface area contributed by atoms with Crippen molar-refractivity contribution in [1.82, 2.24) is 0 Å². The highest BCUT2D eigenvalue weighted by Gasteiger charge is 2.73. The van der Waals surface area contributed by atoms with E-state index in [1.807, 2.05) is 44.2 Å². The molecule has 146 valence electrons. The van der Waals surface area contributed by atoms with Gasteiger partial charge in [0, 0.05) is 23.2 Å². The number of carbonyl (C=O) groups excluding carboxylic acids is 1. The number of esters is 1. The molecule has 0 N–H and O–H groups in total. The second-order valence-electron chi connectivity index (χ2n) is 8.78. The van der Waals surface area contributed by atoms with E-state index < -0.39 is 22.4 Å². The number of hydrogen-bond acceptors (Lipinski definition) is 6. The highest BCUT2D eigenvalue weighted by atomic mass is 32.2. The van der Waals surface area contributed by atoms with Crippen LogP contribution in [-0.4, -0.2) is 28.4 Å². The molecular weight excluding hydrogens is 364 g/mol. The fourth-order valence-electron chi connectivity index (χ4n) is 5.61. The maximum Gasteiger partial charge on any atom is 0.325 e. The fourth-order valence-corrected chi connectivity index (χ4v) is 6.97. The van der Waals surface area contributed by atoms with Gasteiger partial charge in [0.2, 0.25) is 12.1 Å². The average molecular weight is 391 g/mol. The molecule has 5 fully saturated rings. The van der Waals surface area contributed by atoms with Crippen LogP contribution in [0.4, 0.5) is 0 Å². The number of carbonyl (C=O) groups is 1. The zero-order valence-corrected chi connectivity index (χ0v) is 16.8. The molecule has 27 heavy (non-hydrogen) atoms. The Bertz CT molecular complexity index is 756. The lowest BCUT2D eigenvalue weighted by molar-refractivity contribution is -0.558. The smallest absolute Gasteiger partial charge is 0.325 e. The first-order valence-electron chi connectivity index (χ1n) is 9.87. The summed E-state index contributed by atoms with van der Waals surface area (Å²) < 4.78 is 11.4. The van der Waals surface area contributed by atoms with Crippen LogP contribution in [0.5, 0.6) is 0 Å². The first kappa shape index (κ1) is 18.0. The Morgan fingerprint density at radius 3 is 2.63 bits per heavy atom. The van der Waals surface area contributed by atoms with Crippen LogP contribution in [-0.2, 0) is 24.0 Å². The molecule has 1 aromatic rings. The summed E-state index contributed by atoms with van der Waals surface area (Å²) in [6.45, 7) is 6.14. The molecule has 0 aromatic heterocycles. The van der Waals surface area contributed by atoms with Crippen LogP contribution >= 0.6 is 11.8 Å². The Hall–Kier alpha value is -1.08. The minimum absolute atomic E-state index is 0.0368. The number of fused-ring (bicyclic) bond motifs is 2. The van der Waals surface area contributed by atoms with Gasteiger partial charge in [-0.25, -0.2) is 9.78 Å². The van der Waals surface area contributed by atoms with Gasteiger partial charge in [-0.2, -0.15) is 0 Å². The van der Waals surface area contributed by atoms with Crippen molar-refractivity contribution < 1.29 is 24.0 Å². The van der Waals surface area contributed by atoms with Gasteiger partial charge in [0.15, 0.2) is 5.60 Å². The normalized spacial score (nSPS) is 48.5. The minimum Gasteiger partial charge on any atom is -0.431 e. The molecule has 1 unspecified atom stereocenters. The highest BCUT2D eigenvalue weighted by molar-refractivity contribution is 8.01. The molecule has 6 rings (SSSR count). The summed E-state index contributed by atoms with van der Waals surface area (Å²) >= 11 is 1.57. The number of ether oxygens (including phenoxy) is 2. The highest BCUT2D eigenvalue weighted by Crippen LogP contribution is 2.63. The lowest BCUT2D eigenvalue weighted by atomic mass is 9.58. The zero-order valence-electron chi connectivity index (χ0n) is 16.0. The van der Waals surface area contributed by atoms with Gasteiger partial charge in [0.05, 0.1) is 0 Å². The number of thioether (sulfide) groups is 1. The second-order valence-corrected chi connectivity index (χ2v) is 10.3. The van der Waals surface area contributed by atoms with Gasteiger partial charge in [-0.15, -0.1) is 11.8 Å². The van der Waals surface area contributed by atoms with E-state index in [1.54, 1.807) is 11.8 Å². The van der Waals surface area contributed by atoms with Gasteiger partial charge in [-0.3, -0.25) is 4.79 Å². The van der Waals surface area contributed by atoms with E-state index in [4.69, 9.17) is 19.2 Å². The van der Waals surface area contributed by atoms with Crippen molar-refractivity contribution in [3.05, 3.63) is 30.3 Å². The van der Waals surface area contributed by atoms with Gasteiger partial charge in [-0.1, -0.05) is 25.1 Å². The molecule has 4 aliphatic heterocycles. The predicted octanol–water partition coefficient (Wildman–Crippen LogP) is 4.31. The van der Waals surface area contributed by atoms with E-state index >= 15 is 0 Å². The Morgan fingerprint density at radius 1 is 1.07 bits per heavy atom. The van der Waals surface area contributed by atoms with Crippen LogP contribution in [0.1, 0.15) is 46.5 Å². The largest absolute Gasteiger partial charge is 0.431 e. The molecule has 1 saturated carbocycles. The molecule has 1 aromatic carbocycles. The quantitative estimate of drug-likeness (QED) is 0.554. The van der Waals surface area contributed by atoms with Crippen molar-refractivity contribution >= 4 is 17.7 Å². The lowest BCUT2D eigenvalue weighted by Gasteiger charge is -2.60. The monoisotopic (exact) mass is 390 g/mol. The fraction of sp³-hybridized carbons (Fsp3) is 0.667. The van der Waals surface area contributed by atoms with E-state index in [-0.39, 0.29) is 17.8 Å². The van der Waals surface area contributed by atoms with Crippen LogP contribution in [0.25, 0.3) is 0 Å². The number of rotatable bonds is 2. The van der Waals surface area contributed by atoms with Crippen molar-refractivity contribution in [3.8, 4) is 0 Å². The molecule has 0 radical (unpaired) electrons. The van der Waals surface area contributed by atoms with Crippen molar-refractivity contribution in [2.45, 2.75) is 73.8 Å². The first-order valence-corrected chi connectivity index (χ1v) is 10.7. The topological polar surface area (TPSA) is 54.0 Å². The van der Waals surface area contributed by atoms with Gasteiger partial charge >= 0.3 is 5.97 Å². The predicted molar refractivity (Wildman–Crippen MR) is 99.6 cm³/mol. The molecule has 7 atom stereocenters. The van der Waals surface area contributed by atoms with Gasteiger partial charge in [-0.05, 0) is 51.2 Å². The second kappa shape index (κ2) is 5.96. The first-order chi connectivity index (χ1) is 12.9. The summed E-state index contributed by atoms with van der Waals surface area (Å²) in [7, 11) is 0. The van der Waals surface area contributed by atoms with Crippen LogP contribution in [0, 0.1) is 17.8 Å². The number of hydrogen-bond donors (Lipinski definition) is 0. The van der Waals surface area contributed by atoms with Gasteiger partial charge < -0.3 is 9.47 Å². The van der Waals surface area contributed by atoms with Crippen LogP contribution in [0.15, 0.2) is 35.2 Å². The SMILES string of the molecule is C[C@@H]1CC[C@@H]2[C@]34OO[C@](C)(CC[C@@H]13)OC4OC(=O)[C@]2(C)Sc1ccccc1. The Kier molecular flexibility index (Phi) is 3.97. The molecular formula is C21H26O5S. The summed E-state index contributed by atoms with van der Waals surface area (Å²) in [4.78, 5) is 26.3. The summed E-state index contributed by atoms with van der Waals surface area (Å²) in [5, 5.41) is 0. The summed E-state index contributed by atoms with van der Waals surface area (Å²) in [5.74, 6) is -0.387. The molecule has 1 aliphatic carbocycles. The standard InChI is InChI=1S/C21H26O5S/c1-13-9-10-16-20(3,27-14-7-5-4-6-8-14)17(22)23-18-21(16)15(13)11-12-19(2,24-18)25-26-21/h4-8,13,15-16,18H,9-12H2,1-3H3/t13-,15+,16+,18?,19-,20-,21-/m1/s1. The Morgan fingerprint density at radius 2 is 1.85 bits per heavy atom. The molecule has 4 saturated heterocycles. The van der Waals surface area contributed by atoms with Crippen LogP contribution < -0.4 is 0 Å². The molecule has 0 amide bonds. The lowest BCUT2D eigenvalue weighted by Crippen LogP contribution is -2.73. The van der Waals surface area contributed by atoms with Crippen molar-refractivity contribution in [3.63, 3.8) is 0 Å². The summed E-state index contributed by atoms with van der Waals surface area (Å²) in [6, 6.07) is 10.0. The van der Waals surface area contributed by atoms with Gasteiger partial charge in [0.25, 0.3) is 0 Å². The average Bonchev–Trinajstić information content (AvgIpc) is 2.87. The van der Waals surface area contributed by atoms with Gasteiger partial charge in [0.1, 0.15) is 4.75 Å². The molecule has 6 heteroatoms. The Balaban J connectivity index is 1.60. The van der Waals surface area contributed by atoms with E-state index in [0.29, 0.717) is 5.92 Å². The molecule has 2 bridgehead atoms. The molecule has 5 aliphatic rings. The van der Waals surface area contributed by atoms with Crippen molar-refractivity contribution in [2.75, 3.05) is 0 Å². The molecule has 4 heterocycles. The van der Waals surface area contributed by atoms with Crippen LogP contribution in [0.3, 0.4) is 0 Å². The summed E-state index contributed by atoms with van der Waals surface area (Å²) in [6.07, 6.45) is 2.96.